The van der Waals surface area contributed by atoms with Crippen LogP contribution in [0.25, 0.3) is 5.95 Å². The van der Waals surface area contributed by atoms with Gasteiger partial charge in [0.15, 0.2) is 0 Å². The van der Waals surface area contributed by atoms with E-state index < -0.39 is 0 Å². The number of hydrogen-bond acceptors (Lipinski definition) is 6. The SMILES string of the molecule is Clc1nc(NCCn2ccnc2)nc(-n2cccn2)n1. The van der Waals surface area contributed by atoms with Gasteiger partial charge in [0.1, 0.15) is 0 Å². The van der Waals surface area contributed by atoms with Crippen LogP contribution in [0.5, 0.6) is 0 Å². The quantitative estimate of drug-likeness (QED) is 0.755. The van der Waals surface area contributed by atoms with Gasteiger partial charge < -0.3 is 9.88 Å². The van der Waals surface area contributed by atoms with Gasteiger partial charge in [-0.1, -0.05) is 0 Å². The Balaban J connectivity index is 1.70. The number of nitrogens with zero attached hydrogens (tertiary/aromatic N) is 7. The van der Waals surface area contributed by atoms with E-state index in [-0.39, 0.29) is 5.28 Å². The molecule has 8 nitrogen and oxygen atoms in total. The maximum absolute atomic E-state index is 5.89. The van der Waals surface area contributed by atoms with Crippen LogP contribution < -0.4 is 5.32 Å². The van der Waals surface area contributed by atoms with Crippen molar-refractivity contribution < 1.29 is 0 Å². The van der Waals surface area contributed by atoms with E-state index in [0.717, 1.165) is 6.54 Å². The Morgan fingerprint density at radius 3 is 2.85 bits per heavy atom. The molecule has 0 fully saturated rings. The third-order valence-electron chi connectivity index (χ3n) is 2.52. The van der Waals surface area contributed by atoms with Crippen molar-refractivity contribution in [3.63, 3.8) is 0 Å². The van der Waals surface area contributed by atoms with Gasteiger partial charge in [-0.2, -0.15) is 20.1 Å². The standard InChI is InChI=1S/C11H11ClN8/c12-9-16-10(14-4-7-19-6-3-13-8-19)18-11(17-9)20-5-1-2-15-20/h1-3,5-6,8H,4,7H2,(H,14,16,17,18). The third kappa shape index (κ3) is 2.91. The molecule has 0 spiro atoms. The first-order valence-corrected chi connectivity index (χ1v) is 6.30. The highest BCUT2D eigenvalue weighted by Gasteiger charge is 2.06. The summed E-state index contributed by atoms with van der Waals surface area (Å²) < 4.78 is 3.47. The van der Waals surface area contributed by atoms with E-state index in [1.54, 1.807) is 31.0 Å². The van der Waals surface area contributed by atoms with Gasteiger partial charge in [0.2, 0.25) is 11.2 Å². The predicted octanol–water partition coefficient (Wildman–Crippen LogP) is 1.02. The van der Waals surface area contributed by atoms with Crippen molar-refractivity contribution in [2.24, 2.45) is 0 Å². The van der Waals surface area contributed by atoms with Crippen LogP contribution in [0.4, 0.5) is 5.95 Å². The molecule has 0 aromatic carbocycles. The molecule has 0 amide bonds. The van der Waals surface area contributed by atoms with Gasteiger partial charge in [-0.25, -0.2) is 9.67 Å². The molecule has 0 aliphatic rings. The summed E-state index contributed by atoms with van der Waals surface area (Å²) in [7, 11) is 0. The average molecular weight is 291 g/mol. The maximum Gasteiger partial charge on any atom is 0.256 e. The molecule has 9 heteroatoms. The van der Waals surface area contributed by atoms with Crippen LogP contribution in [0.3, 0.4) is 0 Å². The molecule has 3 heterocycles. The summed E-state index contributed by atoms with van der Waals surface area (Å²) in [6, 6.07) is 1.78. The second-order valence-electron chi connectivity index (χ2n) is 3.91. The van der Waals surface area contributed by atoms with Gasteiger partial charge in [0, 0.05) is 37.9 Å². The summed E-state index contributed by atoms with van der Waals surface area (Å²) in [4.78, 5) is 16.3. The summed E-state index contributed by atoms with van der Waals surface area (Å²) in [6.45, 7) is 1.40. The fraction of sp³-hybridized carbons (Fsp3) is 0.182. The molecule has 1 N–H and O–H groups in total. The Kier molecular flexibility index (Phi) is 3.55. The Bertz CT molecular complexity index is 664. The monoisotopic (exact) mass is 290 g/mol. The van der Waals surface area contributed by atoms with Gasteiger partial charge >= 0.3 is 0 Å². The zero-order valence-corrected chi connectivity index (χ0v) is 11.1. The highest BCUT2D eigenvalue weighted by atomic mass is 35.5. The van der Waals surface area contributed by atoms with Crippen molar-refractivity contribution in [2.75, 3.05) is 11.9 Å². The number of anilines is 1. The van der Waals surface area contributed by atoms with Gasteiger partial charge in [-0.3, -0.25) is 0 Å². The molecule has 3 aromatic rings. The molecule has 0 unspecified atom stereocenters. The Hall–Kier alpha value is -2.48. The molecular formula is C11H11ClN8. The van der Waals surface area contributed by atoms with Crippen LogP contribution in [0.1, 0.15) is 0 Å². The van der Waals surface area contributed by atoms with E-state index in [4.69, 9.17) is 11.6 Å². The van der Waals surface area contributed by atoms with Crippen molar-refractivity contribution >= 4 is 17.5 Å². The number of aromatic nitrogens is 7. The second kappa shape index (κ2) is 5.66. The summed E-state index contributed by atoms with van der Waals surface area (Å²) in [5.41, 5.74) is 0. The average Bonchev–Trinajstić information content (AvgIpc) is 3.11. The number of nitrogens with one attached hydrogen (secondary N) is 1. The van der Waals surface area contributed by atoms with E-state index in [2.05, 4.69) is 30.4 Å². The smallest absolute Gasteiger partial charge is 0.256 e. The Morgan fingerprint density at radius 1 is 1.15 bits per heavy atom. The second-order valence-corrected chi connectivity index (χ2v) is 4.24. The third-order valence-corrected chi connectivity index (χ3v) is 2.69. The molecule has 0 atom stereocenters. The summed E-state index contributed by atoms with van der Waals surface area (Å²) in [5, 5.41) is 7.27. The number of rotatable bonds is 5. The molecule has 0 saturated carbocycles. The zero-order valence-electron chi connectivity index (χ0n) is 10.4. The molecule has 3 aromatic heterocycles. The molecule has 0 aliphatic heterocycles. The van der Waals surface area contributed by atoms with Crippen LogP contribution >= 0.6 is 11.6 Å². The first kappa shape index (κ1) is 12.5. The van der Waals surface area contributed by atoms with Gasteiger partial charge in [-0.15, -0.1) is 0 Å². The van der Waals surface area contributed by atoms with Crippen LogP contribution in [0.2, 0.25) is 5.28 Å². The summed E-state index contributed by atoms with van der Waals surface area (Å²) >= 11 is 5.89. The lowest BCUT2D eigenvalue weighted by Gasteiger charge is -2.07. The van der Waals surface area contributed by atoms with Crippen molar-refractivity contribution in [1.29, 1.82) is 0 Å². The summed E-state index contributed by atoms with van der Waals surface area (Å²) in [6.07, 6.45) is 8.74. The Morgan fingerprint density at radius 2 is 2.10 bits per heavy atom. The summed E-state index contributed by atoms with van der Waals surface area (Å²) in [5.74, 6) is 0.788. The van der Waals surface area contributed by atoms with Crippen molar-refractivity contribution in [2.45, 2.75) is 6.54 Å². The fourth-order valence-corrected chi connectivity index (χ4v) is 1.78. The highest BCUT2D eigenvalue weighted by Crippen LogP contribution is 2.08. The lowest BCUT2D eigenvalue weighted by Crippen LogP contribution is -2.13. The van der Waals surface area contributed by atoms with Crippen molar-refractivity contribution in [3.8, 4) is 5.95 Å². The molecule has 0 bridgehead atoms. The lowest BCUT2D eigenvalue weighted by atomic mass is 10.6. The number of hydrogen-bond donors (Lipinski definition) is 1. The van der Waals surface area contributed by atoms with Gasteiger partial charge in [0.25, 0.3) is 5.95 Å². The minimum absolute atomic E-state index is 0.121. The van der Waals surface area contributed by atoms with Crippen LogP contribution in [0.15, 0.2) is 37.2 Å². The molecule has 102 valence electrons. The predicted molar refractivity (Wildman–Crippen MR) is 72.7 cm³/mol. The lowest BCUT2D eigenvalue weighted by molar-refractivity contribution is 0.719. The topological polar surface area (TPSA) is 86.3 Å². The normalized spacial score (nSPS) is 10.7. The highest BCUT2D eigenvalue weighted by molar-refractivity contribution is 6.28. The number of imidazole rings is 1. The van der Waals surface area contributed by atoms with E-state index >= 15 is 0 Å². The molecular weight excluding hydrogens is 280 g/mol. The van der Waals surface area contributed by atoms with Crippen molar-refractivity contribution in [1.82, 2.24) is 34.3 Å². The molecule has 0 radical (unpaired) electrons. The Labute approximate surface area is 119 Å². The van der Waals surface area contributed by atoms with Gasteiger partial charge in [0.05, 0.1) is 6.33 Å². The van der Waals surface area contributed by atoms with Crippen molar-refractivity contribution in [3.05, 3.63) is 42.5 Å². The van der Waals surface area contributed by atoms with E-state index in [1.165, 1.54) is 4.68 Å². The van der Waals surface area contributed by atoms with E-state index in [1.807, 2.05) is 10.8 Å². The first-order chi connectivity index (χ1) is 9.81. The first-order valence-electron chi connectivity index (χ1n) is 5.92. The van der Waals surface area contributed by atoms with Crippen LogP contribution in [0, 0.1) is 0 Å². The molecule has 20 heavy (non-hydrogen) atoms. The van der Waals surface area contributed by atoms with Crippen LogP contribution in [-0.2, 0) is 6.54 Å². The fourth-order valence-electron chi connectivity index (χ4n) is 1.62. The van der Waals surface area contributed by atoms with E-state index in [9.17, 15) is 0 Å². The van der Waals surface area contributed by atoms with Gasteiger partial charge in [-0.05, 0) is 17.7 Å². The molecule has 0 aliphatic carbocycles. The molecule has 3 rings (SSSR count). The minimum Gasteiger partial charge on any atom is -0.352 e. The zero-order chi connectivity index (χ0) is 13.8. The molecule has 0 saturated heterocycles. The van der Waals surface area contributed by atoms with Crippen LogP contribution in [-0.4, -0.2) is 40.8 Å². The minimum atomic E-state index is 0.121. The largest absolute Gasteiger partial charge is 0.352 e. The van der Waals surface area contributed by atoms with E-state index in [0.29, 0.717) is 18.4 Å². The maximum atomic E-state index is 5.89. The number of halogens is 1.